The monoisotopic (exact) mass is 443 g/mol. The SMILES string of the molecule is CCSC(SC)C1C=C(C)C2(C)C(=O)c3c(OCc4ccccc4)noc3CC2C1. The summed E-state index contributed by atoms with van der Waals surface area (Å²) in [5.41, 5.74) is 2.24. The normalized spacial score (nSPS) is 26.5. The number of Topliss-reactive ketones (excluding diaryl/α,β-unsaturated/α-hetero) is 1. The second-order valence-corrected chi connectivity index (χ2v) is 11.0. The molecule has 1 aromatic carbocycles. The first-order chi connectivity index (χ1) is 14.5. The highest BCUT2D eigenvalue weighted by molar-refractivity contribution is 8.16. The van der Waals surface area contributed by atoms with Crippen LogP contribution < -0.4 is 4.74 Å². The highest BCUT2D eigenvalue weighted by atomic mass is 32.2. The van der Waals surface area contributed by atoms with E-state index in [1.54, 1.807) is 0 Å². The van der Waals surface area contributed by atoms with Gasteiger partial charge in [-0.1, -0.05) is 48.9 Å². The molecule has 0 saturated carbocycles. The third kappa shape index (κ3) is 3.73. The molecule has 2 aromatic rings. The highest BCUT2D eigenvalue weighted by Crippen LogP contribution is 2.54. The van der Waals surface area contributed by atoms with Crippen molar-refractivity contribution in [1.82, 2.24) is 5.16 Å². The number of hydrogen-bond acceptors (Lipinski definition) is 6. The molecule has 0 bridgehead atoms. The highest BCUT2D eigenvalue weighted by Gasteiger charge is 2.53. The summed E-state index contributed by atoms with van der Waals surface area (Å²) in [5.74, 6) is 2.90. The van der Waals surface area contributed by atoms with E-state index in [2.05, 4.69) is 38.3 Å². The summed E-state index contributed by atoms with van der Waals surface area (Å²) in [6.07, 6.45) is 6.26. The lowest BCUT2D eigenvalue weighted by atomic mass is 9.57. The zero-order valence-electron chi connectivity index (χ0n) is 18.0. The van der Waals surface area contributed by atoms with Crippen molar-refractivity contribution in [3.05, 3.63) is 58.9 Å². The topological polar surface area (TPSA) is 52.3 Å². The van der Waals surface area contributed by atoms with Gasteiger partial charge in [-0.2, -0.15) is 11.8 Å². The van der Waals surface area contributed by atoms with Gasteiger partial charge in [-0.3, -0.25) is 4.79 Å². The van der Waals surface area contributed by atoms with Crippen LogP contribution in [0.15, 0.2) is 46.5 Å². The molecule has 6 heteroatoms. The Hall–Kier alpha value is -1.66. The van der Waals surface area contributed by atoms with Crippen LogP contribution in [0.5, 0.6) is 5.88 Å². The molecule has 4 nitrogen and oxygen atoms in total. The van der Waals surface area contributed by atoms with Crippen molar-refractivity contribution in [2.24, 2.45) is 17.3 Å². The third-order valence-electron chi connectivity index (χ3n) is 6.65. The fraction of sp³-hybridized carbons (Fsp3) is 0.500. The van der Waals surface area contributed by atoms with Crippen LogP contribution in [0.4, 0.5) is 0 Å². The number of nitrogens with zero attached hydrogens (tertiary/aromatic N) is 1. The van der Waals surface area contributed by atoms with Crippen molar-refractivity contribution in [3.63, 3.8) is 0 Å². The van der Waals surface area contributed by atoms with E-state index in [0.717, 1.165) is 24.2 Å². The largest absolute Gasteiger partial charge is 0.470 e. The summed E-state index contributed by atoms with van der Waals surface area (Å²) in [6.45, 7) is 6.79. The van der Waals surface area contributed by atoms with Crippen molar-refractivity contribution in [3.8, 4) is 5.88 Å². The maximum Gasteiger partial charge on any atom is 0.265 e. The second-order valence-electron chi connectivity index (χ2n) is 8.30. The maximum absolute atomic E-state index is 13.7. The van der Waals surface area contributed by atoms with Gasteiger partial charge in [0.05, 0.1) is 10.00 Å². The van der Waals surface area contributed by atoms with Gasteiger partial charge in [-0.15, -0.1) is 11.8 Å². The van der Waals surface area contributed by atoms with Gasteiger partial charge in [0.2, 0.25) is 0 Å². The summed E-state index contributed by atoms with van der Waals surface area (Å²) in [5, 5.41) is 4.13. The number of ether oxygens (including phenoxy) is 1. The lowest BCUT2D eigenvalue weighted by molar-refractivity contribution is 0.0684. The Bertz CT molecular complexity index is 939. The molecule has 1 aromatic heterocycles. The van der Waals surface area contributed by atoms with Gasteiger partial charge in [0.15, 0.2) is 11.5 Å². The third-order valence-corrected chi connectivity index (χ3v) is 9.46. The first kappa shape index (κ1) is 21.6. The van der Waals surface area contributed by atoms with Gasteiger partial charge < -0.3 is 9.26 Å². The number of carbonyl (C=O) groups excluding carboxylic acids is 1. The predicted octanol–water partition coefficient (Wildman–Crippen LogP) is 6.02. The maximum atomic E-state index is 13.7. The number of hydrogen-bond donors (Lipinski definition) is 0. The van der Waals surface area contributed by atoms with Crippen molar-refractivity contribution in [1.29, 1.82) is 0 Å². The lowest BCUT2D eigenvalue weighted by Crippen LogP contribution is -2.46. The Morgan fingerprint density at radius 3 is 2.80 bits per heavy atom. The van der Waals surface area contributed by atoms with E-state index >= 15 is 0 Å². The number of aromatic nitrogens is 1. The second kappa shape index (κ2) is 8.83. The zero-order chi connectivity index (χ0) is 21.3. The predicted molar refractivity (Wildman–Crippen MR) is 124 cm³/mol. The fourth-order valence-electron chi connectivity index (χ4n) is 4.80. The van der Waals surface area contributed by atoms with Gasteiger partial charge in [-0.25, -0.2) is 0 Å². The van der Waals surface area contributed by atoms with E-state index in [4.69, 9.17) is 9.26 Å². The lowest BCUT2D eigenvalue weighted by Gasteiger charge is -2.46. The Labute approximate surface area is 187 Å². The first-order valence-corrected chi connectivity index (χ1v) is 12.9. The van der Waals surface area contributed by atoms with Crippen molar-refractivity contribution in [2.75, 3.05) is 12.0 Å². The number of benzene rings is 1. The molecule has 4 atom stereocenters. The molecular weight excluding hydrogens is 414 g/mol. The van der Waals surface area contributed by atoms with Crippen LogP contribution in [0.1, 0.15) is 48.9 Å². The number of ketones is 1. The number of fused-ring (bicyclic) bond motifs is 2. The van der Waals surface area contributed by atoms with Gasteiger partial charge in [0.1, 0.15) is 12.2 Å². The Morgan fingerprint density at radius 2 is 2.10 bits per heavy atom. The van der Waals surface area contributed by atoms with Crippen LogP contribution in [0, 0.1) is 17.3 Å². The van der Waals surface area contributed by atoms with Crippen molar-refractivity contribution >= 4 is 29.3 Å². The standard InChI is InChI=1S/C24H29NO3S2/c1-5-30-23(29-4)17-11-15(2)24(3)18(12-17)13-19-20(21(24)26)22(25-28-19)27-14-16-9-7-6-8-10-16/h6-11,17-18,23H,5,12-14H2,1-4H3. The van der Waals surface area contributed by atoms with E-state index < -0.39 is 5.41 Å². The molecule has 0 fully saturated rings. The molecule has 0 amide bonds. The Kier molecular flexibility index (Phi) is 6.35. The minimum Gasteiger partial charge on any atom is -0.470 e. The average Bonchev–Trinajstić information content (AvgIpc) is 3.16. The van der Waals surface area contributed by atoms with Gasteiger partial charge in [0, 0.05) is 6.42 Å². The van der Waals surface area contributed by atoms with Crippen LogP contribution in [0.3, 0.4) is 0 Å². The molecule has 4 rings (SSSR count). The van der Waals surface area contributed by atoms with Crippen molar-refractivity contribution < 1.29 is 14.1 Å². The molecule has 30 heavy (non-hydrogen) atoms. The molecule has 1 heterocycles. The minimum absolute atomic E-state index is 0.0918. The van der Waals surface area contributed by atoms with Gasteiger partial charge >= 0.3 is 0 Å². The van der Waals surface area contributed by atoms with E-state index in [-0.39, 0.29) is 11.7 Å². The number of allylic oxidation sites excluding steroid dienone is 2. The molecule has 0 spiro atoms. The van der Waals surface area contributed by atoms with E-state index in [0.29, 0.717) is 34.3 Å². The molecule has 2 aliphatic rings. The molecule has 4 unspecified atom stereocenters. The van der Waals surface area contributed by atoms with E-state index in [9.17, 15) is 4.79 Å². The summed E-state index contributed by atoms with van der Waals surface area (Å²) in [7, 11) is 0. The molecule has 0 aliphatic heterocycles. The van der Waals surface area contributed by atoms with Crippen LogP contribution in [-0.4, -0.2) is 27.5 Å². The Balaban J connectivity index is 1.60. The van der Waals surface area contributed by atoms with E-state index in [1.807, 2.05) is 53.9 Å². The van der Waals surface area contributed by atoms with E-state index in [1.165, 1.54) is 5.57 Å². The average molecular weight is 444 g/mol. The summed E-state index contributed by atoms with van der Waals surface area (Å²) < 4.78 is 12.1. The smallest absolute Gasteiger partial charge is 0.265 e. The number of carbonyl (C=O) groups is 1. The molecule has 0 saturated heterocycles. The van der Waals surface area contributed by atoms with Gasteiger partial charge in [0.25, 0.3) is 5.88 Å². The summed E-state index contributed by atoms with van der Waals surface area (Å²) in [6, 6.07) is 9.91. The van der Waals surface area contributed by atoms with Gasteiger partial charge in [-0.05, 0) is 54.8 Å². The van der Waals surface area contributed by atoms with Crippen LogP contribution in [0.2, 0.25) is 0 Å². The minimum atomic E-state index is -0.514. The molecule has 0 radical (unpaired) electrons. The van der Waals surface area contributed by atoms with Crippen LogP contribution >= 0.6 is 23.5 Å². The fourth-order valence-corrected chi connectivity index (χ4v) is 7.06. The number of thioether (sulfide) groups is 2. The molecular formula is C24H29NO3S2. The molecule has 2 aliphatic carbocycles. The zero-order valence-corrected chi connectivity index (χ0v) is 19.6. The number of rotatable bonds is 7. The molecule has 160 valence electrons. The summed E-state index contributed by atoms with van der Waals surface area (Å²) >= 11 is 3.91. The first-order valence-electron chi connectivity index (χ1n) is 10.5. The van der Waals surface area contributed by atoms with Crippen LogP contribution in [-0.2, 0) is 13.0 Å². The summed E-state index contributed by atoms with van der Waals surface area (Å²) in [4.78, 5) is 13.7. The van der Waals surface area contributed by atoms with Crippen LogP contribution in [0.25, 0.3) is 0 Å². The van der Waals surface area contributed by atoms with Crippen molar-refractivity contribution in [2.45, 2.75) is 44.8 Å². The molecule has 0 N–H and O–H groups in total. The quantitative estimate of drug-likeness (QED) is 0.385. The Morgan fingerprint density at radius 1 is 1.33 bits per heavy atom.